The molecule has 20 heavy (non-hydrogen) atoms. The first-order valence-corrected chi connectivity index (χ1v) is 6.81. The van der Waals surface area contributed by atoms with Gasteiger partial charge in [-0.25, -0.2) is 0 Å². The molecule has 0 spiro atoms. The van der Waals surface area contributed by atoms with Gasteiger partial charge in [0.25, 0.3) is 0 Å². The lowest BCUT2D eigenvalue weighted by Crippen LogP contribution is -2.05. The molecule has 0 aromatic heterocycles. The fourth-order valence-electron chi connectivity index (χ4n) is 1.90. The smallest absolute Gasteiger partial charge is 0.121 e. The Morgan fingerprint density at radius 2 is 1.60 bits per heavy atom. The van der Waals surface area contributed by atoms with Gasteiger partial charge in [0.15, 0.2) is 0 Å². The monoisotopic (exact) mass is 291 g/mol. The van der Waals surface area contributed by atoms with Crippen molar-refractivity contribution in [2.75, 3.05) is 26.1 Å². The molecule has 0 aliphatic heterocycles. The molecule has 0 amide bonds. The number of ether oxygens (including phenoxy) is 2. The van der Waals surface area contributed by atoms with Crippen molar-refractivity contribution in [1.29, 1.82) is 0 Å². The molecule has 2 aromatic carbocycles. The summed E-state index contributed by atoms with van der Waals surface area (Å²) < 4.78 is 10.3. The van der Waals surface area contributed by atoms with E-state index >= 15 is 0 Å². The summed E-state index contributed by atoms with van der Waals surface area (Å²) >= 11 is 6.14. The van der Waals surface area contributed by atoms with Crippen molar-refractivity contribution < 1.29 is 9.47 Å². The Bertz CT molecular complexity index is 555. The van der Waals surface area contributed by atoms with Crippen molar-refractivity contribution in [3.05, 3.63) is 53.1 Å². The Morgan fingerprint density at radius 1 is 0.950 bits per heavy atom. The molecule has 0 heterocycles. The number of rotatable bonds is 6. The second kappa shape index (κ2) is 7.06. The van der Waals surface area contributed by atoms with Crippen molar-refractivity contribution in [3.63, 3.8) is 0 Å². The molecule has 0 fully saturated rings. The highest BCUT2D eigenvalue weighted by Crippen LogP contribution is 2.26. The van der Waals surface area contributed by atoms with Crippen LogP contribution in [-0.2, 0) is 6.42 Å². The van der Waals surface area contributed by atoms with Crippen LogP contribution in [0.15, 0.2) is 42.5 Å². The Labute approximate surface area is 124 Å². The molecule has 0 radical (unpaired) electrons. The van der Waals surface area contributed by atoms with Gasteiger partial charge in [-0.2, -0.15) is 0 Å². The molecule has 2 rings (SSSR count). The summed E-state index contributed by atoms with van der Waals surface area (Å²) in [6.07, 6.45) is 0.914. The molecule has 3 nitrogen and oxygen atoms in total. The highest BCUT2D eigenvalue weighted by molar-refractivity contribution is 6.33. The number of hydrogen-bond donors (Lipinski definition) is 1. The summed E-state index contributed by atoms with van der Waals surface area (Å²) in [5.74, 6) is 1.67. The minimum atomic E-state index is 0.695. The Kier molecular flexibility index (Phi) is 5.13. The zero-order valence-corrected chi connectivity index (χ0v) is 12.4. The molecule has 4 heteroatoms. The van der Waals surface area contributed by atoms with Gasteiger partial charge in [0.1, 0.15) is 11.5 Å². The summed E-state index contributed by atoms with van der Waals surface area (Å²) in [5.41, 5.74) is 2.14. The van der Waals surface area contributed by atoms with Gasteiger partial charge < -0.3 is 14.8 Å². The lowest BCUT2D eigenvalue weighted by molar-refractivity contribution is 0.414. The fourth-order valence-corrected chi connectivity index (χ4v) is 2.08. The van der Waals surface area contributed by atoms with Crippen molar-refractivity contribution >= 4 is 17.3 Å². The van der Waals surface area contributed by atoms with Crippen LogP contribution in [0.5, 0.6) is 11.5 Å². The average Bonchev–Trinajstić information content (AvgIpc) is 2.50. The molecule has 0 aliphatic rings. The molecule has 0 aliphatic carbocycles. The minimum Gasteiger partial charge on any atom is -0.497 e. The number of nitrogens with one attached hydrogen (secondary N) is 1. The molecule has 0 atom stereocenters. The average molecular weight is 292 g/mol. The Hall–Kier alpha value is -1.87. The van der Waals surface area contributed by atoms with E-state index < -0.39 is 0 Å². The van der Waals surface area contributed by atoms with Crippen LogP contribution in [0, 0.1) is 0 Å². The second-order valence-corrected chi connectivity index (χ2v) is 4.78. The first kappa shape index (κ1) is 14.5. The standard InChI is InChI=1S/C16H18ClNO2/c1-19-13-5-3-12(4-6-13)9-10-18-16-11-14(20-2)7-8-15(16)17/h3-8,11,18H,9-10H2,1-2H3. The van der Waals surface area contributed by atoms with Gasteiger partial charge in [-0.3, -0.25) is 0 Å². The normalized spacial score (nSPS) is 10.2. The highest BCUT2D eigenvalue weighted by atomic mass is 35.5. The van der Waals surface area contributed by atoms with Gasteiger partial charge in [-0.05, 0) is 36.2 Å². The van der Waals surface area contributed by atoms with Gasteiger partial charge >= 0.3 is 0 Å². The molecule has 0 saturated heterocycles. The van der Waals surface area contributed by atoms with Crippen molar-refractivity contribution in [2.24, 2.45) is 0 Å². The Morgan fingerprint density at radius 3 is 2.25 bits per heavy atom. The fraction of sp³-hybridized carbons (Fsp3) is 0.250. The molecule has 1 N–H and O–H groups in total. The maximum absolute atomic E-state index is 6.14. The molecule has 0 saturated carbocycles. The molecule has 0 unspecified atom stereocenters. The van der Waals surface area contributed by atoms with Crippen LogP contribution in [0.3, 0.4) is 0 Å². The SMILES string of the molecule is COc1ccc(CCNc2cc(OC)ccc2Cl)cc1. The number of halogens is 1. The van der Waals surface area contributed by atoms with E-state index in [2.05, 4.69) is 17.4 Å². The van der Waals surface area contributed by atoms with Gasteiger partial charge in [-0.1, -0.05) is 23.7 Å². The van der Waals surface area contributed by atoms with Crippen LogP contribution < -0.4 is 14.8 Å². The van der Waals surface area contributed by atoms with Crippen LogP contribution in [0.1, 0.15) is 5.56 Å². The largest absolute Gasteiger partial charge is 0.497 e. The topological polar surface area (TPSA) is 30.5 Å². The zero-order valence-electron chi connectivity index (χ0n) is 11.7. The number of methoxy groups -OCH3 is 2. The lowest BCUT2D eigenvalue weighted by Gasteiger charge is -2.10. The van der Waals surface area contributed by atoms with E-state index in [0.29, 0.717) is 5.02 Å². The van der Waals surface area contributed by atoms with Gasteiger partial charge in [0.2, 0.25) is 0 Å². The van der Waals surface area contributed by atoms with E-state index in [1.54, 1.807) is 14.2 Å². The molecular formula is C16H18ClNO2. The summed E-state index contributed by atoms with van der Waals surface area (Å²) in [4.78, 5) is 0. The number of benzene rings is 2. The maximum atomic E-state index is 6.14. The third-order valence-electron chi connectivity index (χ3n) is 3.06. The van der Waals surface area contributed by atoms with Gasteiger partial charge in [-0.15, -0.1) is 0 Å². The van der Waals surface area contributed by atoms with Crippen LogP contribution >= 0.6 is 11.6 Å². The zero-order chi connectivity index (χ0) is 14.4. The molecule has 106 valence electrons. The first-order chi connectivity index (χ1) is 9.72. The third kappa shape index (κ3) is 3.81. The number of hydrogen-bond acceptors (Lipinski definition) is 3. The lowest BCUT2D eigenvalue weighted by atomic mass is 10.1. The van der Waals surface area contributed by atoms with Crippen LogP contribution in [0.2, 0.25) is 5.02 Å². The second-order valence-electron chi connectivity index (χ2n) is 4.37. The summed E-state index contributed by atoms with van der Waals surface area (Å²) in [5, 5.41) is 4.02. The van der Waals surface area contributed by atoms with Crippen molar-refractivity contribution in [3.8, 4) is 11.5 Å². The van der Waals surface area contributed by atoms with Gasteiger partial charge in [0.05, 0.1) is 24.9 Å². The van der Waals surface area contributed by atoms with Crippen molar-refractivity contribution in [2.45, 2.75) is 6.42 Å². The number of anilines is 1. The predicted molar refractivity (Wildman–Crippen MR) is 83.2 cm³/mol. The Balaban J connectivity index is 1.91. The van der Waals surface area contributed by atoms with E-state index in [0.717, 1.165) is 30.2 Å². The van der Waals surface area contributed by atoms with E-state index in [1.165, 1.54) is 5.56 Å². The maximum Gasteiger partial charge on any atom is 0.121 e. The van der Waals surface area contributed by atoms with E-state index in [-0.39, 0.29) is 0 Å². The minimum absolute atomic E-state index is 0.695. The van der Waals surface area contributed by atoms with Crippen LogP contribution in [0.25, 0.3) is 0 Å². The van der Waals surface area contributed by atoms with E-state index in [4.69, 9.17) is 21.1 Å². The quantitative estimate of drug-likeness (QED) is 0.872. The van der Waals surface area contributed by atoms with Crippen molar-refractivity contribution in [1.82, 2.24) is 0 Å². The van der Waals surface area contributed by atoms with E-state index in [9.17, 15) is 0 Å². The van der Waals surface area contributed by atoms with Gasteiger partial charge in [0, 0.05) is 12.6 Å². The predicted octanol–water partition coefficient (Wildman–Crippen LogP) is 4.01. The summed E-state index contributed by atoms with van der Waals surface area (Å²) in [6, 6.07) is 13.6. The van der Waals surface area contributed by atoms with E-state index in [1.807, 2.05) is 30.3 Å². The summed E-state index contributed by atoms with van der Waals surface area (Å²) in [6.45, 7) is 0.805. The van der Waals surface area contributed by atoms with Crippen LogP contribution in [0.4, 0.5) is 5.69 Å². The molecule has 0 bridgehead atoms. The third-order valence-corrected chi connectivity index (χ3v) is 3.39. The molecule has 2 aromatic rings. The molecular weight excluding hydrogens is 274 g/mol. The van der Waals surface area contributed by atoms with Crippen LogP contribution in [-0.4, -0.2) is 20.8 Å². The first-order valence-electron chi connectivity index (χ1n) is 6.43. The highest BCUT2D eigenvalue weighted by Gasteiger charge is 2.02. The summed E-state index contributed by atoms with van der Waals surface area (Å²) in [7, 11) is 3.31.